The van der Waals surface area contributed by atoms with Crippen molar-refractivity contribution < 1.29 is 90.3 Å². The number of carbonyl (C=O) groups excluding carboxylic acids is 2. The number of aliphatic carboxylic acids is 3. The zero-order chi connectivity index (χ0) is 17.7. The van der Waals surface area contributed by atoms with Gasteiger partial charge in [0.2, 0.25) is 0 Å². The molecular weight excluding hydrogens is 335 g/mol. The first kappa shape index (κ1) is 23.7. The maximum Gasteiger partial charge on any atom is 1.00 e. The summed E-state index contributed by atoms with van der Waals surface area (Å²) in [6.45, 7) is 0. The normalized spacial score (nSPS) is 15.3. The van der Waals surface area contributed by atoms with Crippen molar-refractivity contribution in [2.24, 2.45) is 0 Å². The number of carboxylic acids is 3. The van der Waals surface area contributed by atoms with Gasteiger partial charge in [-0.3, -0.25) is 9.59 Å². The predicted octanol–water partition coefficient (Wildman–Crippen LogP) is -6.34. The molecule has 0 spiro atoms. The Balaban J connectivity index is -0.00000220. The molecule has 0 aromatic heterocycles. The molecule has 0 aliphatic carbocycles. The van der Waals surface area contributed by atoms with E-state index in [0.29, 0.717) is 0 Å². The van der Waals surface area contributed by atoms with Crippen molar-refractivity contribution >= 4 is 29.8 Å². The quantitative estimate of drug-likeness (QED) is 0.137. The van der Waals surface area contributed by atoms with Crippen LogP contribution in [0.2, 0.25) is 0 Å². The van der Waals surface area contributed by atoms with Gasteiger partial charge in [-0.05, 0) is 0 Å². The summed E-state index contributed by atoms with van der Waals surface area (Å²) in [5.74, 6) is -9.49. The maximum absolute atomic E-state index is 11.3. The van der Waals surface area contributed by atoms with Crippen molar-refractivity contribution in [2.75, 3.05) is 0 Å². The number of ether oxygens (including phenoxy) is 1. The van der Waals surface area contributed by atoms with Crippen LogP contribution in [0.3, 0.4) is 0 Å². The first-order chi connectivity index (χ1) is 9.90. The van der Waals surface area contributed by atoms with Crippen molar-refractivity contribution in [2.45, 2.75) is 30.7 Å². The molecule has 0 aliphatic rings. The first-order valence-corrected chi connectivity index (χ1v) is 5.41. The molecule has 0 amide bonds. The molecule has 3 atom stereocenters. The third-order valence-electron chi connectivity index (χ3n) is 2.29. The van der Waals surface area contributed by atoms with Crippen LogP contribution in [0.1, 0.15) is 14.3 Å². The van der Waals surface area contributed by atoms with Crippen LogP contribution >= 0.6 is 0 Å². The Morgan fingerprint density at radius 3 is 1.78 bits per heavy atom. The van der Waals surface area contributed by atoms with Gasteiger partial charge in [-0.15, -0.1) is 0 Å². The van der Waals surface area contributed by atoms with E-state index in [4.69, 9.17) is 25.5 Å². The van der Waals surface area contributed by atoms with E-state index in [1.54, 1.807) is 0 Å². The zero-order valence-electron chi connectivity index (χ0n) is 12.7. The Bertz CT molecular complexity index is 508. The third kappa shape index (κ3) is 7.49. The molecule has 0 aromatic rings. The van der Waals surface area contributed by atoms with Crippen molar-refractivity contribution in [3.8, 4) is 0 Å². The number of carboxylic acid groups (broad SMARTS) is 3. The fraction of sp³-hybridized carbons (Fsp3) is 0.500. The standard InChI is InChI=1S/C10H12O12.Na.H/c11-3(12)1-10(21,9(19)20)2-4(13)22-8(18)6(15)5(14)7(16)17;;/h5-6,14-15,21H,1-2H2,(H,11,12)(H,16,17)(H,19,20);;/q;+1;-1. The number of hydrogen-bond donors (Lipinski definition) is 6. The number of aliphatic hydroxyl groups excluding tert-OH is 2. The van der Waals surface area contributed by atoms with Gasteiger partial charge in [-0.25, -0.2) is 14.4 Å². The minimum absolute atomic E-state index is 0. The number of hydrogen-bond acceptors (Lipinski definition) is 9. The van der Waals surface area contributed by atoms with E-state index in [-0.39, 0.29) is 31.0 Å². The molecule has 0 aromatic carbocycles. The molecule has 0 heterocycles. The first-order valence-electron chi connectivity index (χ1n) is 5.41. The van der Waals surface area contributed by atoms with Crippen molar-refractivity contribution in [1.82, 2.24) is 0 Å². The minimum atomic E-state index is -3.07. The van der Waals surface area contributed by atoms with Gasteiger partial charge in [0.25, 0.3) is 0 Å². The Labute approximate surface area is 151 Å². The molecule has 0 bridgehead atoms. The summed E-state index contributed by atoms with van der Waals surface area (Å²) in [5, 5.41) is 52.7. The Morgan fingerprint density at radius 1 is 0.957 bits per heavy atom. The SMILES string of the molecule is O=C(O)CC(O)(CC(=O)OC(=O)C(O)C(O)C(=O)O)C(=O)O.[H-].[Na+]. The summed E-state index contributed by atoms with van der Waals surface area (Å²) < 4.78 is 3.84. The molecular formula is C10H13NaO12. The molecule has 0 radical (unpaired) electrons. The van der Waals surface area contributed by atoms with Crippen molar-refractivity contribution in [3.05, 3.63) is 0 Å². The minimum Gasteiger partial charge on any atom is -1.00 e. The van der Waals surface area contributed by atoms with Crippen LogP contribution in [0.5, 0.6) is 0 Å². The second kappa shape index (κ2) is 9.54. The van der Waals surface area contributed by atoms with Gasteiger partial charge in [-0.2, -0.15) is 0 Å². The Hall–Kier alpha value is -1.57. The second-order valence-corrected chi connectivity index (χ2v) is 4.11. The molecule has 0 rings (SSSR count). The topological polar surface area (TPSA) is 216 Å². The van der Waals surface area contributed by atoms with E-state index < -0.39 is 60.5 Å². The van der Waals surface area contributed by atoms with Gasteiger partial charge >= 0.3 is 59.4 Å². The summed E-state index contributed by atoms with van der Waals surface area (Å²) in [5.41, 5.74) is -3.07. The van der Waals surface area contributed by atoms with Gasteiger partial charge in [-0.1, -0.05) is 0 Å². The van der Waals surface area contributed by atoms with Gasteiger partial charge in [0.05, 0.1) is 12.8 Å². The number of esters is 2. The summed E-state index contributed by atoms with van der Waals surface area (Å²) in [6, 6.07) is 0. The summed E-state index contributed by atoms with van der Waals surface area (Å²) in [6.07, 6.45) is -8.08. The fourth-order valence-corrected chi connectivity index (χ4v) is 1.18. The van der Waals surface area contributed by atoms with E-state index >= 15 is 0 Å². The average molecular weight is 348 g/mol. The van der Waals surface area contributed by atoms with Crippen molar-refractivity contribution in [1.29, 1.82) is 0 Å². The zero-order valence-corrected chi connectivity index (χ0v) is 13.7. The van der Waals surface area contributed by atoms with E-state index in [0.717, 1.165) is 0 Å². The van der Waals surface area contributed by atoms with Gasteiger partial charge < -0.3 is 36.8 Å². The third-order valence-corrected chi connectivity index (χ3v) is 2.29. The number of rotatable bonds is 8. The van der Waals surface area contributed by atoms with Crippen LogP contribution in [-0.4, -0.2) is 78.3 Å². The molecule has 0 aliphatic heterocycles. The van der Waals surface area contributed by atoms with Crippen LogP contribution in [0, 0.1) is 0 Å². The smallest absolute Gasteiger partial charge is 1.00 e. The number of aliphatic hydroxyl groups is 3. The van der Waals surface area contributed by atoms with Crippen LogP contribution in [0.15, 0.2) is 0 Å². The van der Waals surface area contributed by atoms with Crippen LogP contribution in [-0.2, 0) is 28.7 Å². The molecule has 126 valence electrons. The second-order valence-electron chi connectivity index (χ2n) is 4.11. The maximum atomic E-state index is 11.3. The van der Waals surface area contributed by atoms with E-state index in [1.165, 1.54) is 0 Å². The number of carbonyl (C=O) groups is 5. The molecule has 12 nitrogen and oxygen atoms in total. The van der Waals surface area contributed by atoms with Gasteiger partial charge in [0.15, 0.2) is 17.8 Å². The van der Waals surface area contributed by atoms with Crippen LogP contribution in [0.4, 0.5) is 0 Å². The molecule has 0 fully saturated rings. The molecule has 13 heteroatoms. The van der Waals surface area contributed by atoms with Gasteiger partial charge in [0, 0.05) is 0 Å². The van der Waals surface area contributed by atoms with Crippen molar-refractivity contribution in [3.63, 3.8) is 0 Å². The summed E-state index contributed by atoms with van der Waals surface area (Å²) >= 11 is 0. The largest absolute Gasteiger partial charge is 1.00 e. The average Bonchev–Trinajstić information content (AvgIpc) is 2.34. The predicted molar refractivity (Wildman–Crippen MR) is 61.3 cm³/mol. The van der Waals surface area contributed by atoms with E-state index in [1.807, 2.05) is 0 Å². The fourth-order valence-electron chi connectivity index (χ4n) is 1.18. The monoisotopic (exact) mass is 348 g/mol. The molecule has 0 saturated heterocycles. The molecule has 3 unspecified atom stereocenters. The summed E-state index contributed by atoms with van der Waals surface area (Å²) in [4.78, 5) is 53.8. The van der Waals surface area contributed by atoms with Crippen LogP contribution in [0.25, 0.3) is 0 Å². The van der Waals surface area contributed by atoms with Crippen LogP contribution < -0.4 is 29.6 Å². The summed E-state index contributed by atoms with van der Waals surface area (Å²) in [7, 11) is 0. The van der Waals surface area contributed by atoms with Gasteiger partial charge in [0.1, 0.15) is 0 Å². The Kier molecular flexibility index (Phi) is 9.83. The van der Waals surface area contributed by atoms with E-state index in [9.17, 15) is 29.1 Å². The molecule has 23 heavy (non-hydrogen) atoms. The molecule has 6 N–H and O–H groups in total. The van der Waals surface area contributed by atoms with E-state index in [2.05, 4.69) is 4.74 Å². The molecule has 0 saturated carbocycles. The Morgan fingerprint density at radius 2 is 1.43 bits per heavy atom.